The van der Waals surface area contributed by atoms with Gasteiger partial charge in [0.2, 0.25) is 0 Å². The predicted molar refractivity (Wildman–Crippen MR) is 134 cm³/mol. The van der Waals surface area contributed by atoms with Crippen LogP contribution in [0, 0.1) is 47.3 Å². The molecule has 0 aromatic rings. The molecule has 4 fully saturated rings. The summed E-state index contributed by atoms with van der Waals surface area (Å²) in [5.74, 6) is 8.45. The standard InChI is InChI=1S/2C15H28/c1-12-3-7-14(8-4-12)11-15-9-5-13(2)6-10-15;1-12-7-9-14(10-8-12)11-15-6-4-3-5-13(15)2/h2*12-15H,3-11H2,1-2H3/t;12?,13-,14?,15?/m.1/s1. The van der Waals surface area contributed by atoms with Crippen molar-refractivity contribution in [2.45, 2.75) is 143 Å². The largest absolute Gasteiger partial charge is 0.0625 e. The summed E-state index contributed by atoms with van der Waals surface area (Å²) in [6, 6.07) is 0. The summed E-state index contributed by atoms with van der Waals surface area (Å²) in [5, 5.41) is 0. The van der Waals surface area contributed by atoms with E-state index in [1.165, 1.54) is 103 Å². The molecule has 4 aliphatic rings. The third-order valence-electron chi connectivity index (χ3n) is 10.00. The van der Waals surface area contributed by atoms with Gasteiger partial charge in [0.05, 0.1) is 0 Å². The second-order valence-corrected chi connectivity index (χ2v) is 12.9. The summed E-state index contributed by atoms with van der Waals surface area (Å²) in [4.78, 5) is 0. The van der Waals surface area contributed by atoms with Gasteiger partial charge < -0.3 is 0 Å². The van der Waals surface area contributed by atoms with Crippen molar-refractivity contribution in [3.05, 3.63) is 0 Å². The van der Waals surface area contributed by atoms with Crippen LogP contribution in [0.15, 0.2) is 0 Å². The minimum absolute atomic E-state index is 1.02. The highest BCUT2D eigenvalue weighted by Gasteiger charge is 2.27. The maximum Gasteiger partial charge on any atom is -0.0386 e. The van der Waals surface area contributed by atoms with E-state index in [0.29, 0.717) is 0 Å². The zero-order valence-electron chi connectivity index (χ0n) is 21.3. The Balaban J connectivity index is 0.000000171. The van der Waals surface area contributed by atoms with Gasteiger partial charge in [-0.2, -0.15) is 0 Å². The number of rotatable bonds is 4. The molecule has 0 amide bonds. The van der Waals surface area contributed by atoms with Crippen molar-refractivity contribution in [1.29, 1.82) is 0 Å². The Hall–Kier alpha value is 0. The fourth-order valence-corrected chi connectivity index (χ4v) is 7.34. The molecule has 0 aromatic heterocycles. The van der Waals surface area contributed by atoms with Gasteiger partial charge in [0, 0.05) is 0 Å². The summed E-state index contributed by atoms with van der Waals surface area (Å²) >= 11 is 0. The first-order chi connectivity index (χ1) is 14.5. The van der Waals surface area contributed by atoms with Gasteiger partial charge in [-0.3, -0.25) is 0 Å². The molecule has 0 aromatic carbocycles. The van der Waals surface area contributed by atoms with Crippen molar-refractivity contribution >= 4 is 0 Å². The van der Waals surface area contributed by atoms with Gasteiger partial charge in [-0.15, -0.1) is 0 Å². The van der Waals surface area contributed by atoms with Crippen molar-refractivity contribution in [2.75, 3.05) is 0 Å². The third kappa shape index (κ3) is 8.50. The molecule has 4 rings (SSSR count). The first-order valence-electron chi connectivity index (χ1n) is 14.5. The molecule has 4 saturated carbocycles. The molecule has 1 unspecified atom stereocenters. The van der Waals surface area contributed by atoms with Crippen LogP contribution in [0.5, 0.6) is 0 Å². The lowest BCUT2D eigenvalue weighted by Crippen LogP contribution is -2.22. The maximum absolute atomic E-state index is 2.50. The SMILES string of the molecule is CC1CCC(CC2CCC(C)CC2)CC1.CC1CCC(CC2CCCC[C@H]2C)CC1. The first-order valence-corrected chi connectivity index (χ1v) is 14.5. The van der Waals surface area contributed by atoms with E-state index < -0.39 is 0 Å². The second-order valence-electron chi connectivity index (χ2n) is 12.9. The van der Waals surface area contributed by atoms with E-state index >= 15 is 0 Å². The van der Waals surface area contributed by atoms with Gasteiger partial charge >= 0.3 is 0 Å². The summed E-state index contributed by atoms with van der Waals surface area (Å²) in [5.41, 5.74) is 0. The number of hydrogen-bond donors (Lipinski definition) is 0. The minimum atomic E-state index is 1.02. The minimum Gasteiger partial charge on any atom is -0.0625 e. The quantitative estimate of drug-likeness (QED) is 0.427. The number of hydrogen-bond acceptors (Lipinski definition) is 0. The van der Waals surface area contributed by atoms with Gasteiger partial charge in [-0.25, -0.2) is 0 Å². The van der Waals surface area contributed by atoms with Crippen LogP contribution in [0.3, 0.4) is 0 Å². The molecule has 0 aliphatic heterocycles. The normalized spacial score (nSPS) is 42.8. The van der Waals surface area contributed by atoms with Crippen LogP contribution >= 0.6 is 0 Å². The summed E-state index contributed by atoms with van der Waals surface area (Å²) in [6.07, 6.45) is 27.4. The Labute approximate surface area is 190 Å². The van der Waals surface area contributed by atoms with Crippen molar-refractivity contribution in [3.63, 3.8) is 0 Å². The molecule has 0 bridgehead atoms. The molecule has 30 heavy (non-hydrogen) atoms. The van der Waals surface area contributed by atoms with Crippen LogP contribution < -0.4 is 0 Å². The van der Waals surface area contributed by atoms with Crippen LogP contribution in [0.1, 0.15) is 143 Å². The van der Waals surface area contributed by atoms with E-state index in [2.05, 4.69) is 27.7 Å². The van der Waals surface area contributed by atoms with Gasteiger partial charge in [-0.1, -0.05) is 130 Å². The van der Waals surface area contributed by atoms with Gasteiger partial charge in [0.1, 0.15) is 0 Å². The average Bonchev–Trinajstić information content (AvgIpc) is 2.75. The molecule has 2 atom stereocenters. The van der Waals surface area contributed by atoms with E-state index in [1.807, 2.05) is 0 Å². The Kier molecular flexibility index (Phi) is 10.6. The molecule has 176 valence electrons. The molecule has 0 radical (unpaired) electrons. The van der Waals surface area contributed by atoms with Crippen LogP contribution in [-0.4, -0.2) is 0 Å². The Bertz CT molecular complexity index is 409. The zero-order chi connectivity index (χ0) is 21.3. The highest BCUT2D eigenvalue weighted by Crippen LogP contribution is 2.40. The zero-order valence-corrected chi connectivity index (χ0v) is 21.3. The smallest absolute Gasteiger partial charge is 0.0386 e. The van der Waals surface area contributed by atoms with E-state index in [4.69, 9.17) is 0 Å². The van der Waals surface area contributed by atoms with Crippen LogP contribution in [0.4, 0.5) is 0 Å². The van der Waals surface area contributed by atoms with Crippen molar-refractivity contribution in [2.24, 2.45) is 47.3 Å². The molecule has 0 spiro atoms. The summed E-state index contributed by atoms with van der Waals surface area (Å²) in [7, 11) is 0. The van der Waals surface area contributed by atoms with E-state index in [9.17, 15) is 0 Å². The first kappa shape index (κ1) is 24.6. The van der Waals surface area contributed by atoms with Crippen LogP contribution in [-0.2, 0) is 0 Å². The molecule has 0 heterocycles. The highest BCUT2D eigenvalue weighted by atomic mass is 14.3. The van der Waals surface area contributed by atoms with E-state index in [-0.39, 0.29) is 0 Å². The van der Waals surface area contributed by atoms with Crippen LogP contribution in [0.2, 0.25) is 0 Å². The fraction of sp³-hybridized carbons (Fsp3) is 1.00. The molecule has 0 nitrogen and oxygen atoms in total. The maximum atomic E-state index is 2.50. The van der Waals surface area contributed by atoms with Gasteiger partial charge in [0.25, 0.3) is 0 Å². The lowest BCUT2D eigenvalue weighted by atomic mass is 9.72. The fourth-order valence-electron chi connectivity index (χ4n) is 7.34. The highest BCUT2D eigenvalue weighted by molar-refractivity contribution is 4.79. The second kappa shape index (κ2) is 12.9. The molecule has 0 saturated heterocycles. The molecule has 0 heteroatoms. The average molecular weight is 417 g/mol. The molecule has 4 aliphatic carbocycles. The van der Waals surface area contributed by atoms with Crippen LogP contribution in [0.25, 0.3) is 0 Å². The topological polar surface area (TPSA) is 0 Å². The van der Waals surface area contributed by atoms with Gasteiger partial charge in [-0.05, 0) is 60.2 Å². The molecule has 0 N–H and O–H groups in total. The summed E-state index contributed by atoms with van der Waals surface area (Å²) in [6.45, 7) is 9.78. The molecular formula is C30H56. The Morgan fingerprint density at radius 3 is 1.17 bits per heavy atom. The lowest BCUT2D eigenvalue weighted by Gasteiger charge is -2.34. The van der Waals surface area contributed by atoms with E-state index in [0.717, 1.165) is 47.3 Å². The van der Waals surface area contributed by atoms with E-state index in [1.54, 1.807) is 12.8 Å². The summed E-state index contributed by atoms with van der Waals surface area (Å²) < 4.78 is 0. The Morgan fingerprint density at radius 2 is 0.767 bits per heavy atom. The lowest BCUT2D eigenvalue weighted by molar-refractivity contribution is 0.176. The third-order valence-corrected chi connectivity index (χ3v) is 10.00. The Morgan fingerprint density at radius 1 is 0.400 bits per heavy atom. The van der Waals surface area contributed by atoms with Crippen molar-refractivity contribution in [3.8, 4) is 0 Å². The van der Waals surface area contributed by atoms with Gasteiger partial charge in [0.15, 0.2) is 0 Å². The predicted octanol–water partition coefficient (Wildman–Crippen LogP) is 10.1. The van der Waals surface area contributed by atoms with Crippen molar-refractivity contribution in [1.82, 2.24) is 0 Å². The van der Waals surface area contributed by atoms with Crippen molar-refractivity contribution < 1.29 is 0 Å². The monoisotopic (exact) mass is 416 g/mol. The molecular weight excluding hydrogens is 360 g/mol.